The van der Waals surface area contributed by atoms with E-state index in [1.54, 1.807) is 18.2 Å². The van der Waals surface area contributed by atoms with Crippen molar-refractivity contribution in [3.8, 4) is 11.6 Å². The number of esters is 1. The molecule has 2 rings (SSSR count). The van der Waals surface area contributed by atoms with Crippen molar-refractivity contribution >= 4 is 29.2 Å². The molecule has 150 valence electrons. The molecule has 1 heterocycles. The van der Waals surface area contributed by atoms with Gasteiger partial charge in [0.2, 0.25) is 5.88 Å². The van der Waals surface area contributed by atoms with Crippen LogP contribution in [0.5, 0.6) is 11.6 Å². The third-order valence-electron chi connectivity index (χ3n) is 4.37. The summed E-state index contributed by atoms with van der Waals surface area (Å²) in [6.45, 7) is 6.03. The Morgan fingerprint density at radius 1 is 1.11 bits per heavy atom. The van der Waals surface area contributed by atoms with Crippen LogP contribution in [0, 0.1) is 17.8 Å². The molecule has 0 saturated heterocycles. The van der Waals surface area contributed by atoms with Crippen molar-refractivity contribution in [3.05, 3.63) is 64.8 Å². The zero-order valence-corrected chi connectivity index (χ0v) is 17.8. The van der Waals surface area contributed by atoms with Gasteiger partial charge in [-0.2, -0.15) is 0 Å². The Labute approximate surface area is 176 Å². The maximum Gasteiger partial charge on any atom is 0.310 e. The Morgan fingerprint density at radius 2 is 1.82 bits per heavy atom. The van der Waals surface area contributed by atoms with Gasteiger partial charge in [0.05, 0.1) is 11.6 Å². The molecule has 0 amide bonds. The van der Waals surface area contributed by atoms with Gasteiger partial charge in [-0.15, -0.1) is 0 Å². The summed E-state index contributed by atoms with van der Waals surface area (Å²) < 4.78 is 11.4. The van der Waals surface area contributed by atoms with Crippen LogP contribution in [-0.4, -0.2) is 11.0 Å². The zero-order valence-electron chi connectivity index (χ0n) is 16.3. The zero-order chi connectivity index (χ0) is 20.5. The van der Waals surface area contributed by atoms with E-state index in [-0.39, 0.29) is 34.8 Å². The first kappa shape index (κ1) is 22.3. The van der Waals surface area contributed by atoms with Crippen LogP contribution in [0.3, 0.4) is 0 Å². The van der Waals surface area contributed by atoms with Gasteiger partial charge in [0, 0.05) is 6.07 Å². The summed E-state index contributed by atoms with van der Waals surface area (Å²) in [5, 5.41) is 0. The van der Waals surface area contributed by atoms with Crippen molar-refractivity contribution in [2.75, 3.05) is 0 Å². The normalized spacial score (nSPS) is 12.9. The maximum absolute atomic E-state index is 12.7. The van der Waals surface area contributed by atoms with Crippen LogP contribution in [0.1, 0.15) is 32.9 Å². The van der Waals surface area contributed by atoms with E-state index in [1.165, 1.54) is 0 Å². The van der Waals surface area contributed by atoms with Crippen molar-refractivity contribution in [2.45, 2.75) is 33.8 Å². The summed E-state index contributed by atoms with van der Waals surface area (Å²) >= 11 is 11.6. The fourth-order valence-electron chi connectivity index (χ4n) is 3.02. The summed E-state index contributed by atoms with van der Waals surface area (Å²) in [5.41, 5.74) is 0.614. The molecule has 0 radical (unpaired) electrons. The van der Waals surface area contributed by atoms with Crippen molar-refractivity contribution in [1.29, 1.82) is 0 Å². The molecular weight excluding hydrogens is 397 g/mol. The van der Waals surface area contributed by atoms with Gasteiger partial charge in [0.15, 0.2) is 0 Å². The number of hydrogen-bond donors (Lipinski definition) is 0. The molecule has 2 unspecified atom stereocenters. The van der Waals surface area contributed by atoms with Crippen molar-refractivity contribution in [2.24, 2.45) is 17.8 Å². The van der Waals surface area contributed by atoms with E-state index in [9.17, 15) is 4.79 Å². The predicted octanol–water partition coefficient (Wildman–Crippen LogP) is 6.53. The molecule has 1 aromatic heterocycles. The Kier molecular flexibility index (Phi) is 8.81. The highest BCUT2D eigenvalue weighted by molar-refractivity contribution is 6.55. The van der Waals surface area contributed by atoms with Crippen molar-refractivity contribution in [1.82, 2.24) is 4.98 Å². The van der Waals surface area contributed by atoms with E-state index in [2.05, 4.69) is 4.98 Å². The standard InChI is InChI=1S/C22H25Cl2NO3/c1-4-16(13-19(23)24)21(15(2)3)22(26)27-14-17-9-8-12-20(25-17)28-18-10-6-5-7-11-18/h5-13,15-16,21H,4,14H2,1-3H3. The Bertz CT molecular complexity index is 789. The SMILES string of the molecule is CCC(C=C(Cl)Cl)C(C(=O)OCc1cccc(Oc2ccccc2)n1)C(C)C. The van der Waals surface area contributed by atoms with Gasteiger partial charge in [-0.05, 0) is 36.5 Å². The van der Waals surface area contributed by atoms with Crippen LogP contribution in [0.15, 0.2) is 59.1 Å². The third-order valence-corrected chi connectivity index (χ3v) is 4.62. The predicted molar refractivity (Wildman–Crippen MR) is 112 cm³/mol. The van der Waals surface area contributed by atoms with E-state index in [0.717, 1.165) is 6.42 Å². The minimum atomic E-state index is -0.332. The second kappa shape index (κ2) is 11.1. The number of carbonyl (C=O) groups is 1. The third kappa shape index (κ3) is 6.84. The highest BCUT2D eigenvalue weighted by atomic mass is 35.5. The summed E-state index contributed by atoms with van der Waals surface area (Å²) in [5.74, 6) is 0.522. The smallest absolute Gasteiger partial charge is 0.310 e. The highest BCUT2D eigenvalue weighted by Gasteiger charge is 2.30. The Balaban J connectivity index is 2.04. The van der Waals surface area contributed by atoms with Gasteiger partial charge in [0.25, 0.3) is 0 Å². The molecule has 1 aromatic carbocycles. The quantitative estimate of drug-likeness (QED) is 0.431. The average Bonchev–Trinajstić information content (AvgIpc) is 2.66. The maximum atomic E-state index is 12.7. The second-order valence-corrected chi connectivity index (χ2v) is 7.80. The molecule has 0 N–H and O–H groups in total. The fourth-order valence-corrected chi connectivity index (χ4v) is 3.35. The van der Waals surface area contributed by atoms with Gasteiger partial charge in [-0.1, -0.05) is 74.3 Å². The molecule has 0 saturated carbocycles. The molecule has 0 aliphatic heterocycles. The molecule has 0 bridgehead atoms. The van der Waals surface area contributed by atoms with Gasteiger partial charge in [0.1, 0.15) is 16.8 Å². The fraction of sp³-hybridized carbons (Fsp3) is 0.364. The number of rotatable bonds is 9. The van der Waals surface area contributed by atoms with E-state index >= 15 is 0 Å². The monoisotopic (exact) mass is 421 g/mol. The summed E-state index contributed by atoms with van der Waals surface area (Å²) in [4.78, 5) is 17.1. The number of ether oxygens (including phenoxy) is 2. The first-order chi connectivity index (χ1) is 13.4. The first-order valence-electron chi connectivity index (χ1n) is 9.29. The van der Waals surface area contributed by atoms with Gasteiger partial charge < -0.3 is 9.47 Å². The molecule has 2 atom stereocenters. The lowest BCUT2D eigenvalue weighted by atomic mass is 9.82. The number of allylic oxidation sites excluding steroid dienone is 1. The minimum absolute atomic E-state index is 0.0722. The van der Waals surface area contributed by atoms with Crippen LogP contribution in [0.2, 0.25) is 0 Å². The molecule has 4 nitrogen and oxygen atoms in total. The highest BCUT2D eigenvalue weighted by Crippen LogP contribution is 2.29. The molecule has 0 aliphatic carbocycles. The number of nitrogens with zero attached hydrogens (tertiary/aromatic N) is 1. The van der Waals surface area contributed by atoms with E-state index in [4.69, 9.17) is 32.7 Å². The van der Waals surface area contributed by atoms with Crippen LogP contribution in [0.4, 0.5) is 0 Å². The minimum Gasteiger partial charge on any atom is -0.459 e. The molecular formula is C22H25Cl2NO3. The molecule has 6 heteroatoms. The van der Waals surface area contributed by atoms with Crippen LogP contribution in [-0.2, 0) is 16.1 Å². The lowest BCUT2D eigenvalue weighted by Crippen LogP contribution is -2.29. The summed E-state index contributed by atoms with van der Waals surface area (Å²) in [6.07, 6.45) is 2.45. The van der Waals surface area contributed by atoms with E-state index in [1.807, 2.05) is 57.2 Å². The summed E-state index contributed by atoms with van der Waals surface area (Å²) in [6, 6.07) is 14.8. The second-order valence-electron chi connectivity index (χ2n) is 6.79. The first-order valence-corrected chi connectivity index (χ1v) is 10.0. The van der Waals surface area contributed by atoms with Crippen LogP contribution < -0.4 is 4.74 Å². The number of benzene rings is 1. The topological polar surface area (TPSA) is 48.4 Å². The van der Waals surface area contributed by atoms with Gasteiger partial charge in [-0.25, -0.2) is 4.98 Å². The average molecular weight is 422 g/mol. The number of pyridine rings is 1. The molecule has 0 spiro atoms. The van der Waals surface area contributed by atoms with Crippen molar-refractivity contribution < 1.29 is 14.3 Å². The number of para-hydroxylation sites is 1. The lowest BCUT2D eigenvalue weighted by Gasteiger charge is -2.25. The van der Waals surface area contributed by atoms with Gasteiger partial charge >= 0.3 is 5.97 Å². The largest absolute Gasteiger partial charge is 0.459 e. The molecule has 0 aliphatic rings. The molecule has 28 heavy (non-hydrogen) atoms. The van der Waals surface area contributed by atoms with Crippen LogP contribution in [0.25, 0.3) is 0 Å². The lowest BCUT2D eigenvalue weighted by molar-refractivity contribution is -0.153. The van der Waals surface area contributed by atoms with Crippen molar-refractivity contribution in [3.63, 3.8) is 0 Å². The van der Waals surface area contributed by atoms with E-state index < -0.39 is 0 Å². The van der Waals surface area contributed by atoms with Crippen LogP contribution >= 0.6 is 23.2 Å². The Hall–Kier alpha value is -2.04. The Morgan fingerprint density at radius 3 is 2.43 bits per heavy atom. The number of aromatic nitrogens is 1. The number of carbonyl (C=O) groups excluding carboxylic acids is 1. The van der Waals surface area contributed by atoms with Gasteiger partial charge in [-0.3, -0.25) is 4.79 Å². The van der Waals surface area contributed by atoms with E-state index in [0.29, 0.717) is 17.3 Å². The number of halogens is 2. The summed E-state index contributed by atoms with van der Waals surface area (Å²) in [7, 11) is 0. The molecule has 2 aromatic rings. The number of hydrogen-bond acceptors (Lipinski definition) is 4. The molecule has 0 fully saturated rings.